The van der Waals surface area contributed by atoms with Gasteiger partial charge in [-0.3, -0.25) is 0 Å². The molecule has 96 valence electrons. The molecule has 3 heteroatoms. The Morgan fingerprint density at radius 3 is 2.78 bits per heavy atom. The molecule has 0 spiro atoms. The van der Waals surface area contributed by atoms with E-state index in [1.54, 1.807) is 0 Å². The topological polar surface area (TPSA) is 32.3 Å². The van der Waals surface area contributed by atoms with E-state index in [4.69, 9.17) is 0 Å². The van der Waals surface area contributed by atoms with E-state index in [1.165, 1.54) is 0 Å². The highest BCUT2D eigenvalue weighted by molar-refractivity contribution is 5.74. The van der Waals surface area contributed by atoms with Gasteiger partial charge < -0.3 is 10.2 Å². The van der Waals surface area contributed by atoms with Crippen molar-refractivity contribution in [3.8, 4) is 0 Å². The fraction of sp³-hybridized carbons (Fsp3) is 0.400. The zero-order valence-corrected chi connectivity index (χ0v) is 10.6. The lowest BCUT2D eigenvalue weighted by Gasteiger charge is -2.22. The van der Waals surface area contributed by atoms with E-state index in [1.807, 2.05) is 23.1 Å². The average Bonchev–Trinajstić information content (AvgIpc) is 2.41. The Hall–Kier alpha value is -1.77. The Morgan fingerprint density at radius 2 is 1.94 bits per heavy atom. The molecule has 0 radical (unpaired) electrons. The molecule has 0 aromatic heterocycles. The largest absolute Gasteiger partial charge is 0.338 e. The first-order valence-corrected chi connectivity index (χ1v) is 6.58. The average molecular weight is 244 g/mol. The monoisotopic (exact) mass is 244 g/mol. The third-order valence-electron chi connectivity index (χ3n) is 3.07. The second-order valence-electron chi connectivity index (χ2n) is 4.57. The maximum Gasteiger partial charge on any atom is 0.317 e. The first kappa shape index (κ1) is 12.7. The number of rotatable bonds is 2. The number of allylic oxidation sites excluding steroid dienone is 1. The summed E-state index contributed by atoms with van der Waals surface area (Å²) in [5, 5.41) is 2.98. The quantitative estimate of drug-likeness (QED) is 0.797. The zero-order chi connectivity index (χ0) is 12.6. The minimum Gasteiger partial charge on any atom is -0.338 e. The lowest BCUT2D eigenvalue weighted by Crippen LogP contribution is -2.40. The van der Waals surface area contributed by atoms with Crippen LogP contribution < -0.4 is 5.32 Å². The van der Waals surface area contributed by atoms with Crippen molar-refractivity contribution < 1.29 is 4.79 Å². The van der Waals surface area contributed by atoms with Crippen LogP contribution in [0.25, 0.3) is 0 Å². The molecule has 2 amide bonds. The van der Waals surface area contributed by atoms with Crippen LogP contribution in [0.5, 0.6) is 0 Å². The Labute approximate surface area is 108 Å². The summed E-state index contributed by atoms with van der Waals surface area (Å²) in [4.78, 5) is 13.9. The van der Waals surface area contributed by atoms with Crippen molar-refractivity contribution >= 4 is 6.03 Å². The number of nitrogens with one attached hydrogen (secondary N) is 1. The molecule has 1 N–H and O–H groups in total. The molecule has 0 saturated heterocycles. The Bertz CT molecular complexity index is 400. The summed E-state index contributed by atoms with van der Waals surface area (Å²) in [6.07, 6.45) is 7.57. The van der Waals surface area contributed by atoms with Gasteiger partial charge in [-0.25, -0.2) is 4.79 Å². The molecule has 0 aliphatic carbocycles. The summed E-state index contributed by atoms with van der Waals surface area (Å²) in [6, 6.07) is 10.1. The van der Waals surface area contributed by atoms with Gasteiger partial charge >= 0.3 is 6.03 Å². The number of amides is 2. The molecule has 18 heavy (non-hydrogen) atoms. The third-order valence-corrected chi connectivity index (χ3v) is 3.07. The maximum absolute atomic E-state index is 12.0. The van der Waals surface area contributed by atoms with Crippen LogP contribution in [-0.4, -0.2) is 24.0 Å². The molecule has 1 aromatic carbocycles. The normalized spacial score (nSPS) is 19.1. The molecule has 1 heterocycles. The van der Waals surface area contributed by atoms with Crippen LogP contribution in [-0.2, 0) is 6.54 Å². The van der Waals surface area contributed by atoms with E-state index in [9.17, 15) is 4.79 Å². The molecule has 2 rings (SSSR count). The summed E-state index contributed by atoms with van der Waals surface area (Å²) < 4.78 is 0. The molecule has 1 aromatic rings. The summed E-state index contributed by atoms with van der Waals surface area (Å²) >= 11 is 0. The number of urea groups is 1. The van der Waals surface area contributed by atoms with Crippen LogP contribution in [0.15, 0.2) is 42.5 Å². The van der Waals surface area contributed by atoms with Gasteiger partial charge in [0.05, 0.1) is 0 Å². The predicted octanol–water partition coefficient (Wildman–Crippen LogP) is 2.94. The molecule has 1 aliphatic rings. The second kappa shape index (κ2) is 6.84. The molecule has 3 nitrogen and oxygen atoms in total. The van der Waals surface area contributed by atoms with Crippen LogP contribution >= 0.6 is 0 Å². The lowest BCUT2D eigenvalue weighted by molar-refractivity contribution is 0.200. The molecular weight excluding hydrogens is 224 g/mol. The van der Waals surface area contributed by atoms with E-state index < -0.39 is 0 Å². The summed E-state index contributed by atoms with van der Waals surface area (Å²) in [5.74, 6) is 0. The van der Waals surface area contributed by atoms with Gasteiger partial charge in [0, 0.05) is 19.6 Å². The molecular formula is C15H20N2O. The smallest absolute Gasteiger partial charge is 0.317 e. The van der Waals surface area contributed by atoms with Gasteiger partial charge in [0.1, 0.15) is 0 Å². The number of nitrogens with zero attached hydrogens (tertiary/aromatic N) is 1. The van der Waals surface area contributed by atoms with Crippen molar-refractivity contribution in [3.05, 3.63) is 48.0 Å². The summed E-state index contributed by atoms with van der Waals surface area (Å²) in [6.45, 7) is 2.12. The first-order valence-electron chi connectivity index (χ1n) is 6.58. The van der Waals surface area contributed by atoms with Crippen molar-refractivity contribution in [2.45, 2.75) is 25.8 Å². The van der Waals surface area contributed by atoms with E-state index >= 15 is 0 Å². The number of carbonyl (C=O) groups excluding carboxylic acids is 1. The number of hydrogen-bond acceptors (Lipinski definition) is 1. The number of hydrogen-bond donors (Lipinski definition) is 1. The maximum atomic E-state index is 12.0. The van der Waals surface area contributed by atoms with Gasteiger partial charge in [-0.05, 0) is 24.8 Å². The standard InChI is InChI=1S/C15H20N2O/c18-15-16-11-7-2-1-3-8-12-17(15)13-14-9-5-4-6-10-14/h3-6,8-10H,1-2,7,11-13H2,(H,16,18)/b8-3-. The molecule has 0 unspecified atom stereocenters. The highest BCUT2D eigenvalue weighted by Crippen LogP contribution is 2.06. The van der Waals surface area contributed by atoms with Crippen molar-refractivity contribution in [2.75, 3.05) is 13.1 Å². The Kier molecular flexibility index (Phi) is 4.82. The highest BCUT2D eigenvalue weighted by atomic mass is 16.2. The molecule has 0 fully saturated rings. The molecule has 0 saturated carbocycles. The first-order chi connectivity index (χ1) is 8.86. The van der Waals surface area contributed by atoms with E-state index in [2.05, 4.69) is 29.6 Å². The van der Waals surface area contributed by atoms with Crippen molar-refractivity contribution in [3.63, 3.8) is 0 Å². The van der Waals surface area contributed by atoms with Gasteiger partial charge in [0.15, 0.2) is 0 Å². The SMILES string of the molecule is O=C1NCCCC/C=C\CN1Cc1ccccc1. The van der Waals surface area contributed by atoms with E-state index in [-0.39, 0.29) is 6.03 Å². The van der Waals surface area contributed by atoms with Crippen molar-refractivity contribution in [1.29, 1.82) is 0 Å². The predicted molar refractivity (Wildman–Crippen MR) is 73.2 cm³/mol. The Balaban J connectivity index is 2.02. The van der Waals surface area contributed by atoms with Crippen molar-refractivity contribution in [2.24, 2.45) is 0 Å². The van der Waals surface area contributed by atoms with Gasteiger partial charge in [-0.1, -0.05) is 42.5 Å². The molecule has 0 atom stereocenters. The minimum atomic E-state index is 0.0328. The summed E-state index contributed by atoms with van der Waals surface area (Å²) in [7, 11) is 0. The van der Waals surface area contributed by atoms with Crippen LogP contribution in [0.3, 0.4) is 0 Å². The van der Waals surface area contributed by atoms with Gasteiger partial charge in [-0.2, -0.15) is 0 Å². The number of benzene rings is 1. The van der Waals surface area contributed by atoms with Crippen LogP contribution in [0.2, 0.25) is 0 Å². The Morgan fingerprint density at radius 1 is 1.11 bits per heavy atom. The number of carbonyl (C=O) groups is 1. The third kappa shape index (κ3) is 3.91. The minimum absolute atomic E-state index is 0.0328. The van der Waals surface area contributed by atoms with Crippen LogP contribution in [0, 0.1) is 0 Å². The van der Waals surface area contributed by atoms with E-state index in [0.717, 1.165) is 31.4 Å². The second-order valence-corrected chi connectivity index (χ2v) is 4.57. The van der Waals surface area contributed by atoms with Crippen LogP contribution in [0.4, 0.5) is 4.79 Å². The highest BCUT2D eigenvalue weighted by Gasteiger charge is 2.12. The lowest BCUT2D eigenvalue weighted by atomic mass is 10.2. The van der Waals surface area contributed by atoms with Gasteiger partial charge in [0.25, 0.3) is 0 Å². The fourth-order valence-electron chi connectivity index (χ4n) is 2.04. The fourth-order valence-corrected chi connectivity index (χ4v) is 2.04. The van der Waals surface area contributed by atoms with E-state index in [0.29, 0.717) is 13.1 Å². The van der Waals surface area contributed by atoms with Crippen molar-refractivity contribution in [1.82, 2.24) is 10.2 Å². The summed E-state index contributed by atoms with van der Waals surface area (Å²) in [5.41, 5.74) is 1.16. The van der Waals surface area contributed by atoms with Gasteiger partial charge in [0.2, 0.25) is 0 Å². The zero-order valence-electron chi connectivity index (χ0n) is 10.6. The van der Waals surface area contributed by atoms with Gasteiger partial charge in [-0.15, -0.1) is 0 Å². The molecule has 0 bridgehead atoms. The molecule has 1 aliphatic heterocycles. The van der Waals surface area contributed by atoms with Crippen LogP contribution in [0.1, 0.15) is 24.8 Å².